The Bertz CT molecular complexity index is 524. The summed E-state index contributed by atoms with van der Waals surface area (Å²) in [4.78, 5) is 11.4. The molecule has 2 aliphatic rings. The van der Waals surface area contributed by atoms with Crippen LogP contribution in [0.25, 0.3) is 0 Å². The van der Waals surface area contributed by atoms with Crippen LogP contribution in [-0.2, 0) is 4.79 Å². The number of hydrogen-bond donors (Lipinski definition) is 3. The van der Waals surface area contributed by atoms with Gasteiger partial charge in [0.05, 0.1) is 59.1 Å². The minimum atomic E-state index is -1.03. The zero-order valence-electron chi connectivity index (χ0n) is 24.3. The van der Waals surface area contributed by atoms with Crippen LogP contribution >= 0.6 is 0 Å². The predicted octanol–water partition coefficient (Wildman–Crippen LogP) is -0.438. The van der Waals surface area contributed by atoms with Crippen LogP contribution < -0.4 is 22.1 Å². The Morgan fingerprint density at radius 2 is 1.17 bits per heavy atom. The van der Waals surface area contributed by atoms with Gasteiger partial charge in [-0.05, 0) is 59.3 Å². The average molecular weight is 584 g/mol. The number of carbonyl (C=O) groups excluding carboxylic acids is 1. The van der Waals surface area contributed by atoms with Gasteiger partial charge in [0.15, 0.2) is 0 Å². The molecule has 0 amide bonds. The number of nitrogens with zero attached hydrogens (tertiary/aromatic N) is 2. The van der Waals surface area contributed by atoms with Gasteiger partial charge >= 0.3 is 0 Å². The van der Waals surface area contributed by atoms with Crippen LogP contribution in [0.1, 0.15) is 91.9 Å². The smallest absolute Gasteiger partial charge is 0.102 e. The molecule has 7 nitrogen and oxygen atoms in total. The Morgan fingerprint density at radius 3 is 1.44 bits per heavy atom. The Morgan fingerprint density at radius 1 is 0.806 bits per heavy atom. The van der Waals surface area contributed by atoms with Crippen LogP contribution in [0, 0.1) is 11.8 Å². The summed E-state index contributed by atoms with van der Waals surface area (Å²) in [5.74, 6) is -1.53. The highest BCUT2D eigenvalue weighted by atomic mass is 79.9. The maximum absolute atomic E-state index is 11.4. The van der Waals surface area contributed by atoms with Crippen molar-refractivity contribution in [3.8, 4) is 0 Å². The number of hydrogen-bond acceptors (Lipinski definition) is 5. The lowest BCUT2D eigenvalue weighted by Gasteiger charge is -2.44. The molecule has 8 heteroatoms. The Balaban J connectivity index is 0. The van der Waals surface area contributed by atoms with E-state index in [1.54, 1.807) is 0 Å². The van der Waals surface area contributed by atoms with Crippen molar-refractivity contribution in [2.75, 3.05) is 66.6 Å². The fraction of sp³-hybridized carbons (Fsp3) is 0.964. The second kappa shape index (κ2) is 19.8. The minimum Gasteiger partial charge on any atom is -1.00 e. The summed E-state index contributed by atoms with van der Waals surface area (Å²) in [6.07, 6.45) is 9.60. The standard InChI is InChI=1S/C14H24O3.2C7H18NO.BrH/c15-13(16)12(11-7-3-1-4-8-11)14(17)9-5-2-6-10-14;2*1-4-8(3,5-2)6-7-9;/h11-12,17H,1-10H2,(H,15,16);2*9H,4-7H2,1-3H3;1H/q;2*+1;/p-2. The van der Waals surface area contributed by atoms with Crippen molar-refractivity contribution in [1.82, 2.24) is 0 Å². The van der Waals surface area contributed by atoms with Crippen molar-refractivity contribution in [3.05, 3.63) is 0 Å². The van der Waals surface area contributed by atoms with E-state index < -0.39 is 17.5 Å². The first-order valence-corrected chi connectivity index (χ1v) is 14.3. The van der Waals surface area contributed by atoms with E-state index in [0.29, 0.717) is 26.1 Å². The van der Waals surface area contributed by atoms with Crippen molar-refractivity contribution < 1.29 is 51.2 Å². The van der Waals surface area contributed by atoms with Crippen LogP contribution in [0.2, 0.25) is 0 Å². The summed E-state index contributed by atoms with van der Waals surface area (Å²) in [6, 6.07) is 0. The summed E-state index contributed by atoms with van der Waals surface area (Å²) < 4.78 is 1.97. The zero-order valence-corrected chi connectivity index (χ0v) is 25.9. The van der Waals surface area contributed by atoms with Crippen LogP contribution in [0.5, 0.6) is 0 Å². The molecule has 0 aromatic heterocycles. The van der Waals surface area contributed by atoms with Crippen LogP contribution in [0.3, 0.4) is 0 Å². The number of likely N-dealkylation sites (N-methyl/N-ethyl adjacent to an activating group) is 2. The second-order valence-corrected chi connectivity index (χ2v) is 11.3. The fourth-order valence-electron chi connectivity index (χ4n) is 5.36. The molecule has 36 heavy (non-hydrogen) atoms. The van der Waals surface area contributed by atoms with Crippen LogP contribution in [-0.4, -0.2) is 102 Å². The van der Waals surface area contributed by atoms with E-state index in [4.69, 9.17) is 10.2 Å². The summed E-state index contributed by atoms with van der Waals surface area (Å²) in [7, 11) is 4.33. The molecule has 0 radical (unpaired) electrons. The first kappa shape index (κ1) is 37.9. The lowest BCUT2D eigenvalue weighted by Crippen LogP contribution is -3.00. The van der Waals surface area contributed by atoms with E-state index in [9.17, 15) is 15.0 Å². The molecule has 2 rings (SSSR count). The van der Waals surface area contributed by atoms with Gasteiger partial charge in [-0.2, -0.15) is 0 Å². The summed E-state index contributed by atoms with van der Waals surface area (Å²) in [6.45, 7) is 15.4. The number of rotatable bonds is 11. The van der Waals surface area contributed by atoms with E-state index in [1.807, 2.05) is 0 Å². The number of aliphatic hydroxyl groups is 3. The maximum atomic E-state index is 11.4. The van der Waals surface area contributed by atoms with Gasteiger partial charge in [0.2, 0.25) is 0 Å². The monoisotopic (exact) mass is 582 g/mol. The number of aliphatic hydroxyl groups excluding tert-OH is 2. The highest BCUT2D eigenvalue weighted by Gasteiger charge is 2.42. The van der Waals surface area contributed by atoms with Crippen molar-refractivity contribution in [2.45, 2.75) is 97.5 Å². The first-order chi connectivity index (χ1) is 16.5. The van der Waals surface area contributed by atoms with Crippen LogP contribution in [0.15, 0.2) is 0 Å². The van der Waals surface area contributed by atoms with E-state index in [0.717, 1.165) is 93.2 Å². The van der Waals surface area contributed by atoms with Crippen molar-refractivity contribution in [3.63, 3.8) is 0 Å². The molecule has 2 saturated carbocycles. The van der Waals surface area contributed by atoms with Crippen molar-refractivity contribution in [1.29, 1.82) is 0 Å². The summed E-state index contributed by atoms with van der Waals surface area (Å²) >= 11 is 0. The van der Waals surface area contributed by atoms with E-state index in [-0.39, 0.29) is 22.9 Å². The molecule has 0 aromatic rings. The molecular weight excluding hydrogens is 524 g/mol. The molecule has 0 aliphatic heterocycles. The summed E-state index contributed by atoms with van der Waals surface area (Å²) in [5, 5.41) is 39.4. The SMILES string of the molecule is CC[N+](C)(CC)CCO.CC[N+](C)(CC)CCO.O=C([O-])C(C1CCCCC1)C1(O)CCCCC1.[Br-]. The quantitative estimate of drug-likeness (QED) is 0.287. The third kappa shape index (κ3) is 13.5. The molecule has 2 fully saturated rings. The number of aliphatic carboxylic acids is 1. The van der Waals surface area contributed by atoms with Gasteiger partial charge in [0, 0.05) is 11.9 Å². The highest BCUT2D eigenvalue weighted by Crippen LogP contribution is 2.42. The second-order valence-electron chi connectivity index (χ2n) is 11.3. The normalized spacial score (nSPS) is 19.0. The molecule has 0 spiro atoms. The Hall–Kier alpha value is -0.250. The molecule has 3 N–H and O–H groups in total. The Labute approximate surface area is 232 Å². The van der Waals surface area contributed by atoms with Gasteiger partial charge < -0.3 is 51.2 Å². The van der Waals surface area contributed by atoms with Gasteiger partial charge in [0.1, 0.15) is 13.1 Å². The number of carbonyl (C=O) groups is 1. The van der Waals surface area contributed by atoms with Crippen molar-refractivity contribution >= 4 is 5.97 Å². The Kier molecular flexibility index (Phi) is 20.8. The summed E-state index contributed by atoms with van der Waals surface area (Å²) in [5.41, 5.74) is -0.987. The van der Waals surface area contributed by atoms with E-state index >= 15 is 0 Å². The van der Waals surface area contributed by atoms with Gasteiger partial charge in [-0.3, -0.25) is 0 Å². The molecule has 0 aromatic carbocycles. The van der Waals surface area contributed by atoms with E-state index in [2.05, 4.69) is 41.8 Å². The van der Waals surface area contributed by atoms with Gasteiger partial charge in [-0.25, -0.2) is 0 Å². The molecule has 2 aliphatic carbocycles. The molecule has 218 valence electrons. The first-order valence-electron chi connectivity index (χ1n) is 14.3. The van der Waals surface area contributed by atoms with Gasteiger partial charge in [-0.15, -0.1) is 0 Å². The zero-order chi connectivity index (χ0) is 27.0. The number of carboxylic acids is 1. The molecule has 0 saturated heterocycles. The average Bonchev–Trinajstić information content (AvgIpc) is 2.86. The molecule has 0 heterocycles. The van der Waals surface area contributed by atoms with Crippen molar-refractivity contribution in [2.24, 2.45) is 11.8 Å². The third-order valence-corrected chi connectivity index (χ3v) is 9.01. The maximum Gasteiger partial charge on any atom is 0.102 e. The van der Waals surface area contributed by atoms with Gasteiger partial charge in [-0.1, -0.05) is 38.5 Å². The fourth-order valence-corrected chi connectivity index (χ4v) is 5.36. The predicted molar refractivity (Wildman–Crippen MR) is 142 cm³/mol. The minimum absolute atomic E-state index is 0. The largest absolute Gasteiger partial charge is 1.00 e. The van der Waals surface area contributed by atoms with Gasteiger partial charge in [0.25, 0.3) is 0 Å². The van der Waals surface area contributed by atoms with E-state index in [1.165, 1.54) is 6.42 Å². The topological polar surface area (TPSA) is 101 Å². The van der Waals surface area contributed by atoms with Crippen LogP contribution in [0.4, 0.5) is 0 Å². The lowest BCUT2D eigenvalue weighted by molar-refractivity contribution is -0.906. The molecular formula is C28H59BrN2O5. The number of quaternary nitrogens is 2. The lowest BCUT2D eigenvalue weighted by atomic mass is 9.67. The highest BCUT2D eigenvalue weighted by molar-refractivity contribution is 5.69. The molecule has 1 atom stereocenters. The number of carboxylic acid groups (broad SMARTS) is 1. The third-order valence-electron chi connectivity index (χ3n) is 9.01. The number of halogens is 1. The molecule has 0 bridgehead atoms. The molecule has 1 unspecified atom stereocenters.